The second kappa shape index (κ2) is 9.60. The molecule has 5 nitrogen and oxygen atoms in total. The van der Waals surface area contributed by atoms with Crippen LogP contribution in [0.5, 0.6) is 0 Å². The summed E-state index contributed by atoms with van der Waals surface area (Å²) in [5, 5.41) is -0.0171. The lowest BCUT2D eigenvalue weighted by atomic mass is 10.2. The molecule has 1 aromatic carbocycles. The van der Waals surface area contributed by atoms with Gasteiger partial charge in [0.1, 0.15) is 9.77 Å². The van der Waals surface area contributed by atoms with Crippen molar-refractivity contribution in [3.63, 3.8) is 0 Å². The van der Waals surface area contributed by atoms with Gasteiger partial charge in [0.05, 0.1) is 21.8 Å². The van der Waals surface area contributed by atoms with Gasteiger partial charge in [-0.05, 0) is 50.6 Å². The molecule has 2 aromatic heterocycles. The van der Waals surface area contributed by atoms with Crippen LogP contribution < -0.4 is 0 Å². The van der Waals surface area contributed by atoms with Gasteiger partial charge in [0.2, 0.25) is 0 Å². The molecule has 0 aliphatic heterocycles. The van der Waals surface area contributed by atoms with E-state index in [1.807, 2.05) is 18.2 Å². The first-order valence-electron chi connectivity index (χ1n) is 9.34. The van der Waals surface area contributed by atoms with Crippen molar-refractivity contribution >= 4 is 50.5 Å². The van der Waals surface area contributed by atoms with E-state index >= 15 is 0 Å². The lowest BCUT2D eigenvalue weighted by molar-refractivity contribution is 0.0532. The monoisotopic (exact) mass is 483 g/mol. The van der Waals surface area contributed by atoms with Crippen molar-refractivity contribution in [1.82, 2.24) is 4.57 Å². The topological polar surface area (TPSA) is 65.4 Å². The molecule has 3 rings (SSSR count). The van der Waals surface area contributed by atoms with Crippen LogP contribution in [0.2, 0.25) is 5.02 Å². The molecule has 0 saturated carbocycles. The molecule has 0 aliphatic rings. The van der Waals surface area contributed by atoms with Crippen LogP contribution in [0.4, 0.5) is 0 Å². The number of carbonyl (C=O) groups excluding carboxylic acids is 1. The normalized spacial score (nSPS) is 11.8. The maximum atomic E-state index is 13.3. The van der Waals surface area contributed by atoms with Crippen molar-refractivity contribution in [3.05, 3.63) is 64.3 Å². The smallest absolute Gasteiger partial charge is 0.350 e. The Balaban J connectivity index is 2.17. The average molecular weight is 484 g/mol. The van der Waals surface area contributed by atoms with Crippen LogP contribution in [0.25, 0.3) is 5.69 Å². The number of halogens is 1. The van der Waals surface area contributed by atoms with Crippen LogP contribution in [0.15, 0.2) is 57.9 Å². The third-order valence-electron chi connectivity index (χ3n) is 4.30. The number of nitrogens with zero attached hydrogens (tertiary/aromatic N) is 1. The molecule has 0 radical (unpaired) electrons. The summed E-state index contributed by atoms with van der Waals surface area (Å²) in [5.74, 6) is -0.00395. The summed E-state index contributed by atoms with van der Waals surface area (Å²) < 4.78 is 34.1. The molecule has 30 heavy (non-hydrogen) atoms. The van der Waals surface area contributed by atoms with Crippen molar-refractivity contribution < 1.29 is 17.9 Å². The Kier molecular flexibility index (Phi) is 7.34. The average Bonchev–Trinajstić information content (AvgIpc) is 3.34. The van der Waals surface area contributed by atoms with Gasteiger partial charge in [-0.2, -0.15) is 0 Å². The predicted molar refractivity (Wildman–Crippen MR) is 123 cm³/mol. The predicted octanol–water partition coefficient (Wildman–Crippen LogP) is 5.84. The number of aromatic nitrogens is 1. The van der Waals surface area contributed by atoms with Crippen molar-refractivity contribution in [3.8, 4) is 5.69 Å². The van der Waals surface area contributed by atoms with Crippen LogP contribution in [0.1, 0.15) is 36.0 Å². The Hall–Kier alpha value is -1.74. The molecule has 0 aliphatic carbocycles. The molecule has 160 valence electrons. The molecule has 0 amide bonds. The van der Waals surface area contributed by atoms with E-state index in [9.17, 15) is 13.2 Å². The van der Waals surface area contributed by atoms with E-state index < -0.39 is 21.1 Å². The van der Waals surface area contributed by atoms with Gasteiger partial charge in [-0.25, -0.2) is 13.2 Å². The van der Waals surface area contributed by atoms with Gasteiger partial charge in [-0.1, -0.05) is 23.7 Å². The summed E-state index contributed by atoms with van der Waals surface area (Å²) in [7, 11) is -3.67. The Bertz CT molecular complexity index is 1140. The Morgan fingerprint density at radius 1 is 1.23 bits per heavy atom. The first-order valence-corrected chi connectivity index (χ1v) is 13.1. The fraction of sp³-hybridized carbons (Fsp3) is 0.286. The minimum absolute atomic E-state index is 0.175. The van der Waals surface area contributed by atoms with Gasteiger partial charge >= 0.3 is 5.97 Å². The fourth-order valence-electron chi connectivity index (χ4n) is 2.80. The first-order chi connectivity index (χ1) is 14.3. The van der Waals surface area contributed by atoms with Gasteiger partial charge in [0.15, 0.2) is 9.84 Å². The molecule has 0 unspecified atom stereocenters. The summed E-state index contributed by atoms with van der Waals surface area (Å²) >= 11 is 8.61. The highest BCUT2D eigenvalue weighted by Gasteiger charge is 2.34. The summed E-state index contributed by atoms with van der Waals surface area (Å²) in [5.41, 5.74) is 1.32. The van der Waals surface area contributed by atoms with Gasteiger partial charge in [-0.3, -0.25) is 0 Å². The van der Waals surface area contributed by atoms with Gasteiger partial charge < -0.3 is 9.30 Å². The molecule has 0 atom stereocenters. The maximum absolute atomic E-state index is 13.3. The molecule has 3 aromatic rings. The third kappa shape index (κ3) is 4.77. The van der Waals surface area contributed by atoms with Crippen molar-refractivity contribution in [2.75, 3.05) is 6.61 Å². The maximum Gasteiger partial charge on any atom is 0.350 e. The van der Waals surface area contributed by atoms with Crippen LogP contribution in [-0.4, -0.2) is 30.8 Å². The van der Waals surface area contributed by atoms with Crippen LogP contribution in [0, 0.1) is 0 Å². The number of thiophene rings is 1. The molecule has 0 N–H and O–H groups in total. The number of esters is 1. The highest BCUT2D eigenvalue weighted by molar-refractivity contribution is 8.01. The zero-order valence-electron chi connectivity index (χ0n) is 16.8. The van der Waals surface area contributed by atoms with Crippen LogP contribution in [0.3, 0.4) is 0 Å². The molecule has 9 heteroatoms. The van der Waals surface area contributed by atoms with Crippen molar-refractivity contribution in [1.29, 1.82) is 0 Å². The van der Waals surface area contributed by atoms with Crippen molar-refractivity contribution in [2.45, 2.75) is 40.9 Å². The van der Waals surface area contributed by atoms with E-state index in [4.69, 9.17) is 16.3 Å². The molecule has 2 heterocycles. The standard InChI is InChI=1S/C21H22ClNO4S3/c1-4-27-20(24)18-17(23-10-5-6-11-23)19(30(25,26)14(2)3)21(29-18)28-13-15-8-7-9-16(22)12-15/h5-12,14H,4,13H2,1-3H3. The Morgan fingerprint density at radius 2 is 1.93 bits per heavy atom. The van der Waals surface area contributed by atoms with Gasteiger partial charge in [-0.15, -0.1) is 23.1 Å². The molecule has 0 fully saturated rings. The molecular weight excluding hydrogens is 462 g/mol. The third-order valence-corrected chi connectivity index (χ3v) is 9.50. The summed E-state index contributed by atoms with van der Waals surface area (Å²) in [6, 6.07) is 11.0. The highest BCUT2D eigenvalue weighted by Crippen LogP contribution is 2.44. The fourth-order valence-corrected chi connectivity index (χ4v) is 7.44. The summed E-state index contributed by atoms with van der Waals surface area (Å²) in [4.78, 5) is 13.1. The minimum atomic E-state index is -3.67. The number of hydrogen-bond donors (Lipinski definition) is 0. The lowest BCUT2D eigenvalue weighted by Crippen LogP contribution is -2.17. The van der Waals surface area contributed by atoms with Crippen LogP contribution in [-0.2, 0) is 20.3 Å². The molecule has 0 spiro atoms. The second-order valence-corrected chi connectivity index (χ2v) is 11.9. The lowest BCUT2D eigenvalue weighted by Gasteiger charge is -2.13. The summed E-state index contributed by atoms with van der Waals surface area (Å²) in [6.45, 7) is 5.21. The van der Waals surface area contributed by atoms with E-state index in [-0.39, 0.29) is 16.4 Å². The Labute approximate surface area is 189 Å². The quantitative estimate of drug-likeness (QED) is 0.297. The number of carbonyl (C=O) groups is 1. The summed E-state index contributed by atoms with van der Waals surface area (Å²) in [6.07, 6.45) is 3.46. The SMILES string of the molecule is CCOC(=O)c1sc(SCc2cccc(Cl)c2)c(S(=O)(=O)C(C)C)c1-n1cccc1. The molecular formula is C21H22ClNO4S3. The van der Waals surface area contributed by atoms with E-state index in [1.54, 1.807) is 55.9 Å². The van der Waals surface area contributed by atoms with Gasteiger partial charge in [0, 0.05) is 23.2 Å². The van der Waals surface area contributed by atoms with Gasteiger partial charge in [0.25, 0.3) is 0 Å². The van der Waals surface area contributed by atoms with E-state index in [2.05, 4.69) is 0 Å². The first kappa shape index (κ1) is 22.9. The number of ether oxygens (including phenoxy) is 1. The molecule has 0 bridgehead atoms. The van der Waals surface area contributed by atoms with E-state index in [1.165, 1.54) is 11.8 Å². The number of rotatable bonds is 8. The van der Waals surface area contributed by atoms with Crippen molar-refractivity contribution in [2.24, 2.45) is 0 Å². The number of hydrogen-bond acceptors (Lipinski definition) is 6. The zero-order valence-corrected chi connectivity index (χ0v) is 20.0. The second-order valence-electron chi connectivity index (χ2n) is 6.72. The molecule has 0 saturated heterocycles. The number of sulfone groups is 1. The minimum Gasteiger partial charge on any atom is -0.462 e. The van der Waals surface area contributed by atoms with Crippen LogP contribution >= 0.6 is 34.7 Å². The number of benzene rings is 1. The highest BCUT2D eigenvalue weighted by atomic mass is 35.5. The largest absolute Gasteiger partial charge is 0.462 e. The zero-order chi connectivity index (χ0) is 21.9. The number of thioether (sulfide) groups is 1. The Morgan fingerprint density at radius 3 is 2.53 bits per heavy atom. The van der Waals surface area contributed by atoms with E-state index in [0.717, 1.165) is 16.9 Å². The van der Waals surface area contributed by atoms with E-state index in [0.29, 0.717) is 20.7 Å².